The number of ether oxygens (including phenoxy) is 4. The van der Waals surface area contributed by atoms with Gasteiger partial charge in [-0.2, -0.15) is 0 Å². The van der Waals surface area contributed by atoms with Gasteiger partial charge in [0.2, 0.25) is 0 Å². The van der Waals surface area contributed by atoms with Gasteiger partial charge in [0, 0.05) is 18.4 Å². The molecule has 0 spiro atoms. The first-order valence-electron chi connectivity index (χ1n) is 14.7. The zero-order chi connectivity index (χ0) is 30.0. The fourth-order valence-corrected chi connectivity index (χ4v) is 5.30. The van der Waals surface area contributed by atoms with Crippen molar-refractivity contribution in [3.05, 3.63) is 107 Å². The van der Waals surface area contributed by atoms with Crippen LogP contribution in [0.5, 0.6) is 5.75 Å². The molecule has 0 radical (unpaired) electrons. The third kappa shape index (κ3) is 9.05. The monoisotopic (exact) mass is 570 g/mol. The maximum atomic E-state index is 13.1. The van der Waals surface area contributed by atoms with Crippen molar-refractivity contribution in [2.24, 2.45) is 17.8 Å². The lowest BCUT2D eigenvalue weighted by molar-refractivity contribution is -0.170. The highest BCUT2D eigenvalue weighted by molar-refractivity contribution is 5.96. The number of hydrogen-bond donors (Lipinski definition) is 0. The molecule has 6 nitrogen and oxygen atoms in total. The summed E-state index contributed by atoms with van der Waals surface area (Å²) in [6.45, 7) is 9.33. The maximum absolute atomic E-state index is 13.1. The molecule has 3 aromatic rings. The van der Waals surface area contributed by atoms with Gasteiger partial charge in [0.1, 0.15) is 19.0 Å². The summed E-state index contributed by atoms with van der Waals surface area (Å²) in [5, 5.41) is 0. The van der Waals surface area contributed by atoms with Crippen LogP contribution in [0.1, 0.15) is 57.2 Å². The van der Waals surface area contributed by atoms with Gasteiger partial charge in [0.05, 0.1) is 13.2 Å². The summed E-state index contributed by atoms with van der Waals surface area (Å²) in [5.41, 5.74) is 2.30. The summed E-state index contributed by atoms with van der Waals surface area (Å²) in [6, 6.07) is 27.3. The number of rotatable bonds is 14. The van der Waals surface area contributed by atoms with Crippen LogP contribution in [0.2, 0.25) is 0 Å². The molecule has 0 aromatic heterocycles. The van der Waals surface area contributed by atoms with Gasteiger partial charge in [-0.3, -0.25) is 4.79 Å². The molecule has 0 N–H and O–H groups in total. The van der Waals surface area contributed by atoms with E-state index < -0.39 is 11.6 Å². The van der Waals surface area contributed by atoms with E-state index >= 15 is 0 Å². The van der Waals surface area contributed by atoms with E-state index in [9.17, 15) is 9.59 Å². The standard InChI is InChI=1S/C36H42O6/c1-26(2)33(27(3)4)20-34(37)41-25-36(24-39-22-28-12-7-5-8-13-28)21-31(35(38)42-36)18-30-16-11-17-32(19-30)40-23-29-14-9-6-10-15-29/h5-19,26-27,33H,20-25H2,1-4H3/b31-18+. The number of cyclic esters (lactones) is 1. The van der Waals surface area contributed by atoms with E-state index in [4.69, 9.17) is 18.9 Å². The van der Waals surface area contributed by atoms with Gasteiger partial charge in [0.15, 0.2) is 5.60 Å². The lowest BCUT2D eigenvalue weighted by Crippen LogP contribution is -2.40. The molecule has 1 saturated heterocycles. The Morgan fingerprint density at radius 2 is 1.50 bits per heavy atom. The van der Waals surface area contributed by atoms with Crippen molar-refractivity contribution in [2.45, 2.75) is 59.4 Å². The van der Waals surface area contributed by atoms with Gasteiger partial charge in [-0.1, -0.05) is 100 Å². The number of esters is 2. The van der Waals surface area contributed by atoms with Gasteiger partial charge in [0.25, 0.3) is 0 Å². The zero-order valence-corrected chi connectivity index (χ0v) is 25.1. The van der Waals surface area contributed by atoms with E-state index in [1.165, 1.54) is 0 Å². The van der Waals surface area contributed by atoms with Crippen LogP contribution in [-0.4, -0.2) is 30.8 Å². The second kappa shape index (κ2) is 14.8. The van der Waals surface area contributed by atoms with Gasteiger partial charge in [-0.25, -0.2) is 4.79 Å². The minimum Gasteiger partial charge on any atom is -0.489 e. The van der Waals surface area contributed by atoms with E-state index in [1.807, 2.05) is 91.0 Å². The van der Waals surface area contributed by atoms with Crippen LogP contribution < -0.4 is 4.74 Å². The molecule has 4 rings (SSSR count). The minimum atomic E-state index is -1.10. The van der Waals surface area contributed by atoms with Crippen LogP contribution >= 0.6 is 0 Å². The molecule has 1 aliphatic heterocycles. The fraction of sp³-hybridized carbons (Fsp3) is 0.389. The Morgan fingerprint density at radius 1 is 0.857 bits per heavy atom. The Morgan fingerprint density at radius 3 is 2.14 bits per heavy atom. The van der Waals surface area contributed by atoms with Gasteiger partial charge in [-0.05, 0) is 52.7 Å². The number of hydrogen-bond acceptors (Lipinski definition) is 6. The normalized spacial score (nSPS) is 17.7. The van der Waals surface area contributed by atoms with E-state index in [0.29, 0.717) is 42.8 Å². The summed E-state index contributed by atoms with van der Waals surface area (Å²) in [7, 11) is 0. The molecule has 0 amide bonds. The van der Waals surface area contributed by atoms with E-state index in [-0.39, 0.29) is 31.5 Å². The molecule has 3 aromatic carbocycles. The second-order valence-electron chi connectivity index (χ2n) is 11.8. The summed E-state index contributed by atoms with van der Waals surface area (Å²) in [4.78, 5) is 26.0. The molecule has 6 heteroatoms. The smallest absolute Gasteiger partial charge is 0.334 e. The van der Waals surface area contributed by atoms with E-state index in [0.717, 1.165) is 16.7 Å². The third-order valence-electron chi connectivity index (χ3n) is 7.62. The number of carbonyl (C=O) groups excluding carboxylic acids is 2. The molecule has 1 atom stereocenters. The number of carbonyl (C=O) groups is 2. The largest absolute Gasteiger partial charge is 0.489 e. The molecule has 42 heavy (non-hydrogen) atoms. The Kier molecular flexibility index (Phi) is 11.0. The van der Waals surface area contributed by atoms with E-state index in [2.05, 4.69) is 27.7 Å². The quantitative estimate of drug-likeness (QED) is 0.148. The van der Waals surface area contributed by atoms with Gasteiger partial charge < -0.3 is 18.9 Å². The van der Waals surface area contributed by atoms with Crippen molar-refractivity contribution in [3.8, 4) is 5.75 Å². The highest BCUT2D eigenvalue weighted by Gasteiger charge is 2.45. The van der Waals surface area contributed by atoms with Crippen molar-refractivity contribution >= 4 is 18.0 Å². The predicted octanol–water partition coefficient (Wildman–Crippen LogP) is 7.41. The Hall–Kier alpha value is -3.90. The SMILES string of the molecule is CC(C)C(CC(=O)OCC1(COCc2ccccc2)C/C(=C\c2cccc(OCc3ccccc3)c2)C(=O)O1)C(C)C. The van der Waals surface area contributed by atoms with Crippen LogP contribution in [0.3, 0.4) is 0 Å². The Labute approximate surface area is 249 Å². The summed E-state index contributed by atoms with van der Waals surface area (Å²) >= 11 is 0. The molecule has 0 saturated carbocycles. The summed E-state index contributed by atoms with van der Waals surface area (Å²) in [5.74, 6) is 0.893. The van der Waals surface area contributed by atoms with Crippen molar-refractivity contribution in [3.63, 3.8) is 0 Å². The molecular weight excluding hydrogens is 528 g/mol. The highest BCUT2D eigenvalue weighted by Crippen LogP contribution is 2.34. The van der Waals surface area contributed by atoms with E-state index in [1.54, 1.807) is 0 Å². The Balaban J connectivity index is 1.46. The van der Waals surface area contributed by atoms with Crippen LogP contribution in [0.15, 0.2) is 90.5 Å². The fourth-order valence-electron chi connectivity index (χ4n) is 5.30. The first-order valence-corrected chi connectivity index (χ1v) is 14.7. The molecule has 0 bridgehead atoms. The average Bonchev–Trinajstić information content (AvgIpc) is 3.29. The van der Waals surface area contributed by atoms with Crippen LogP contribution in [-0.2, 0) is 37.0 Å². The van der Waals surface area contributed by atoms with Crippen molar-refractivity contribution in [1.82, 2.24) is 0 Å². The highest BCUT2D eigenvalue weighted by atomic mass is 16.6. The first-order chi connectivity index (χ1) is 20.2. The Bertz CT molecular complexity index is 1320. The topological polar surface area (TPSA) is 71.1 Å². The molecule has 222 valence electrons. The second-order valence-corrected chi connectivity index (χ2v) is 11.8. The molecular formula is C36H42O6. The maximum Gasteiger partial charge on any atom is 0.334 e. The average molecular weight is 571 g/mol. The summed E-state index contributed by atoms with van der Waals surface area (Å²) < 4.78 is 23.7. The predicted molar refractivity (Wildman–Crippen MR) is 163 cm³/mol. The molecule has 1 fully saturated rings. The molecule has 0 aliphatic carbocycles. The van der Waals surface area contributed by atoms with Gasteiger partial charge in [-0.15, -0.1) is 0 Å². The van der Waals surface area contributed by atoms with Crippen molar-refractivity contribution in [1.29, 1.82) is 0 Å². The molecule has 1 aliphatic rings. The van der Waals surface area contributed by atoms with Crippen molar-refractivity contribution in [2.75, 3.05) is 13.2 Å². The van der Waals surface area contributed by atoms with Crippen LogP contribution in [0.25, 0.3) is 6.08 Å². The summed E-state index contributed by atoms with van der Waals surface area (Å²) in [6.07, 6.45) is 2.40. The zero-order valence-electron chi connectivity index (χ0n) is 25.1. The first kappa shape index (κ1) is 31.0. The number of benzene rings is 3. The van der Waals surface area contributed by atoms with Gasteiger partial charge >= 0.3 is 11.9 Å². The molecule has 1 heterocycles. The third-order valence-corrected chi connectivity index (χ3v) is 7.62. The lowest BCUT2D eigenvalue weighted by atomic mass is 9.83. The van der Waals surface area contributed by atoms with Crippen LogP contribution in [0.4, 0.5) is 0 Å². The minimum absolute atomic E-state index is 0.0627. The lowest BCUT2D eigenvalue weighted by Gasteiger charge is -2.28. The van der Waals surface area contributed by atoms with Crippen LogP contribution in [0, 0.1) is 17.8 Å². The molecule has 1 unspecified atom stereocenters. The van der Waals surface area contributed by atoms with Crippen molar-refractivity contribution < 1.29 is 28.5 Å².